The zero-order valence-electron chi connectivity index (χ0n) is 12.9. The molecule has 0 fully saturated rings. The molecule has 0 saturated heterocycles. The van der Waals surface area contributed by atoms with Gasteiger partial charge in [0.05, 0.1) is 22.1 Å². The highest BCUT2D eigenvalue weighted by atomic mass is 14.8. The highest BCUT2D eigenvalue weighted by Gasteiger charge is 2.05. The Morgan fingerprint density at radius 2 is 1.30 bits per heavy atom. The second-order valence-electron chi connectivity index (χ2n) is 5.12. The quantitative estimate of drug-likeness (QED) is 0.563. The number of nitrogens with zero attached hydrogens (tertiary/aromatic N) is 2. The molecule has 0 spiro atoms. The Balaban J connectivity index is 0.000000704. The van der Waals surface area contributed by atoms with E-state index in [9.17, 15) is 0 Å². The molecule has 0 aliphatic carbocycles. The molecular weight excluding hydrogens is 244 g/mol. The number of hydrogen-bond acceptors (Lipinski definition) is 2. The van der Waals surface area contributed by atoms with Gasteiger partial charge in [-0.05, 0) is 48.2 Å². The van der Waals surface area contributed by atoms with Gasteiger partial charge in [0.25, 0.3) is 0 Å². The fourth-order valence-electron chi connectivity index (χ4n) is 2.16. The van der Waals surface area contributed by atoms with Crippen molar-refractivity contribution in [2.75, 3.05) is 0 Å². The molecule has 0 amide bonds. The molecule has 20 heavy (non-hydrogen) atoms. The summed E-state index contributed by atoms with van der Waals surface area (Å²) in [7, 11) is 0. The standard InChI is InChI=1S/C16H16N2.C2H6/c1-10(2)12-5-7-14-16(9-12)18-13-6-4-11(3)8-15(13)17-14;1-2/h4-10H,1-3H3;1-2H3. The Labute approximate surface area is 120 Å². The Bertz CT molecular complexity index is 730. The van der Waals surface area contributed by atoms with Gasteiger partial charge in [0.2, 0.25) is 0 Å². The third-order valence-electron chi connectivity index (χ3n) is 3.28. The van der Waals surface area contributed by atoms with Gasteiger partial charge in [0.1, 0.15) is 0 Å². The summed E-state index contributed by atoms with van der Waals surface area (Å²) in [6, 6.07) is 12.6. The van der Waals surface area contributed by atoms with E-state index in [2.05, 4.69) is 56.1 Å². The molecule has 1 heterocycles. The van der Waals surface area contributed by atoms with Crippen LogP contribution < -0.4 is 0 Å². The van der Waals surface area contributed by atoms with E-state index in [1.807, 2.05) is 19.9 Å². The minimum absolute atomic E-state index is 0.518. The van der Waals surface area contributed by atoms with Crippen molar-refractivity contribution in [2.24, 2.45) is 0 Å². The zero-order chi connectivity index (χ0) is 14.7. The van der Waals surface area contributed by atoms with Crippen LogP contribution in [0.25, 0.3) is 22.1 Å². The first-order valence-electron chi connectivity index (χ1n) is 7.31. The first-order chi connectivity index (χ1) is 9.63. The fourth-order valence-corrected chi connectivity index (χ4v) is 2.16. The van der Waals surface area contributed by atoms with Crippen LogP contribution in [-0.2, 0) is 0 Å². The van der Waals surface area contributed by atoms with Crippen molar-refractivity contribution in [1.82, 2.24) is 9.97 Å². The van der Waals surface area contributed by atoms with E-state index < -0.39 is 0 Å². The van der Waals surface area contributed by atoms with Crippen LogP contribution in [0.4, 0.5) is 0 Å². The molecule has 0 aliphatic heterocycles. The van der Waals surface area contributed by atoms with E-state index >= 15 is 0 Å². The van der Waals surface area contributed by atoms with Gasteiger partial charge < -0.3 is 0 Å². The molecule has 0 unspecified atom stereocenters. The molecule has 0 aliphatic rings. The topological polar surface area (TPSA) is 25.8 Å². The Hall–Kier alpha value is -1.96. The van der Waals surface area contributed by atoms with Gasteiger partial charge in [-0.2, -0.15) is 0 Å². The van der Waals surface area contributed by atoms with Crippen LogP contribution in [0, 0.1) is 6.92 Å². The van der Waals surface area contributed by atoms with Gasteiger partial charge in [-0.15, -0.1) is 0 Å². The van der Waals surface area contributed by atoms with Crippen LogP contribution in [0.15, 0.2) is 36.4 Å². The third-order valence-corrected chi connectivity index (χ3v) is 3.28. The molecule has 3 aromatic rings. The summed E-state index contributed by atoms with van der Waals surface area (Å²) in [5, 5.41) is 0. The first kappa shape index (κ1) is 14.4. The number of aryl methyl sites for hydroxylation is 1. The molecule has 0 atom stereocenters. The van der Waals surface area contributed by atoms with Crippen LogP contribution in [0.5, 0.6) is 0 Å². The van der Waals surface area contributed by atoms with E-state index in [0.717, 1.165) is 22.1 Å². The van der Waals surface area contributed by atoms with Crippen LogP contribution in [0.2, 0.25) is 0 Å². The van der Waals surface area contributed by atoms with Gasteiger partial charge >= 0.3 is 0 Å². The lowest BCUT2D eigenvalue weighted by Crippen LogP contribution is -1.91. The smallest absolute Gasteiger partial charge is 0.0897 e. The molecule has 104 valence electrons. The monoisotopic (exact) mass is 266 g/mol. The molecule has 0 N–H and O–H groups in total. The van der Waals surface area contributed by atoms with Crippen LogP contribution in [-0.4, -0.2) is 9.97 Å². The summed E-state index contributed by atoms with van der Waals surface area (Å²) < 4.78 is 0. The highest BCUT2D eigenvalue weighted by Crippen LogP contribution is 2.21. The van der Waals surface area contributed by atoms with Gasteiger partial charge in [0.15, 0.2) is 0 Å². The van der Waals surface area contributed by atoms with Crippen LogP contribution in [0.1, 0.15) is 44.7 Å². The largest absolute Gasteiger partial charge is 0.244 e. The van der Waals surface area contributed by atoms with Crippen molar-refractivity contribution in [2.45, 2.75) is 40.5 Å². The Morgan fingerprint density at radius 1 is 0.750 bits per heavy atom. The van der Waals surface area contributed by atoms with Gasteiger partial charge in [0, 0.05) is 0 Å². The molecular formula is C18H22N2. The normalized spacial score (nSPS) is 10.7. The lowest BCUT2D eigenvalue weighted by Gasteiger charge is -2.07. The highest BCUT2D eigenvalue weighted by molar-refractivity contribution is 5.86. The number of fused-ring (bicyclic) bond motifs is 2. The third kappa shape index (κ3) is 2.79. The summed E-state index contributed by atoms with van der Waals surface area (Å²) in [5.41, 5.74) is 6.42. The first-order valence-corrected chi connectivity index (χ1v) is 7.31. The lowest BCUT2D eigenvalue weighted by atomic mass is 10.0. The average Bonchev–Trinajstić information content (AvgIpc) is 2.46. The van der Waals surface area contributed by atoms with E-state index in [1.54, 1.807) is 0 Å². The Kier molecular flexibility index (Phi) is 4.33. The van der Waals surface area contributed by atoms with E-state index in [4.69, 9.17) is 4.98 Å². The maximum absolute atomic E-state index is 4.70. The molecule has 0 radical (unpaired) electrons. The number of aromatic nitrogens is 2. The molecule has 1 aromatic heterocycles. The number of rotatable bonds is 1. The van der Waals surface area contributed by atoms with Crippen LogP contribution in [0.3, 0.4) is 0 Å². The van der Waals surface area contributed by atoms with Crippen molar-refractivity contribution in [3.05, 3.63) is 47.5 Å². The predicted octanol–water partition coefficient (Wildman–Crippen LogP) is 5.24. The van der Waals surface area contributed by atoms with Gasteiger partial charge in [-0.1, -0.05) is 39.8 Å². The summed E-state index contributed by atoms with van der Waals surface area (Å²) in [6.45, 7) is 10.5. The number of benzene rings is 2. The number of hydrogen-bond donors (Lipinski definition) is 0. The second kappa shape index (κ2) is 6.00. The van der Waals surface area contributed by atoms with Crippen LogP contribution >= 0.6 is 0 Å². The van der Waals surface area contributed by atoms with Crippen molar-refractivity contribution in [1.29, 1.82) is 0 Å². The maximum Gasteiger partial charge on any atom is 0.0897 e. The van der Waals surface area contributed by atoms with Crippen molar-refractivity contribution >= 4 is 22.1 Å². The molecule has 3 rings (SSSR count). The van der Waals surface area contributed by atoms with E-state index in [1.165, 1.54) is 11.1 Å². The van der Waals surface area contributed by atoms with E-state index in [-0.39, 0.29) is 0 Å². The molecule has 0 saturated carbocycles. The molecule has 2 heteroatoms. The minimum atomic E-state index is 0.518. The molecule has 0 bridgehead atoms. The fraction of sp³-hybridized carbons (Fsp3) is 0.333. The average molecular weight is 266 g/mol. The SMILES string of the molecule is CC.Cc1ccc2nc3cc(C(C)C)ccc3nc2c1. The molecule has 2 nitrogen and oxygen atoms in total. The zero-order valence-corrected chi connectivity index (χ0v) is 12.9. The van der Waals surface area contributed by atoms with E-state index in [0.29, 0.717) is 5.92 Å². The van der Waals surface area contributed by atoms with Crippen molar-refractivity contribution in [3.63, 3.8) is 0 Å². The van der Waals surface area contributed by atoms with Crippen molar-refractivity contribution < 1.29 is 0 Å². The molecule has 2 aromatic carbocycles. The Morgan fingerprint density at radius 3 is 1.90 bits per heavy atom. The van der Waals surface area contributed by atoms with Crippen molar-refractivity contribution in [3.8, 4) is 0 Å². The van der Waals surface area contributed by atoms with Gasteiger partial charge in [-0.3, -0.25) is 0 Å². The minimum Gasteiger partial charge on any atom is -0.244 e. The van der Waals surface area contributed by atoms with Gasteiger partial charge in [-0.25, -0.2) is 9.97 Å². The summed E-state index contributed by atoms with van der Waals surface area (Å²) >= 11 is 0. The summed E-state index contributed by atoms with van der Waals surface area (Å²) in [4.78, 5) is 9.38. The summed E-state index contributed by atoms with van der Waals surface area (Å²) in [5.74, 6) is 0.518. The lowest BCUT2D eigenvalue weighted by molar-refractivity contribution is 0.868. The maximum atomic E-state index is 4.70. The predicted molar refractivity (Wildman–Crippen MR) is 87.2 cm³/mol. The second-order valence-corrected chi connectivity index (χ2v) is 5.12. The summed E-state index contributed by atoms with van der Waals surface area (Å²) in [6.07, 6.45) is 0.